The van der Waals surface area contributed by atoms with E-state index in [4.69, 9.17) is 23.8 Å². The third-order valence-corrected chi connectivity index (χ3v) is 8.17. The maximum absolute atomic E-state index is 13.5. The van der Waals surface area contributed by atoms with E-state index in [2.05, 4.69) is 5.32 Å². The molecule has 1 aliphatic rings. The van der Waals surface area contributed by atoms with Crippen LogP contribution < -0.4 is 10.9 Å². The lowest BCUT2D eigenvalue weighted by Crippen LogP contribution is -2.29. The van der Waals surface area contributed by atoms with E-state index < -0.39 is 5.56 Å². The minimum atomic E-state index is -0.395. The van der Waals surface area contributed by atoms with Crippen LogP contribution in [0.4, 0.5) is 10.2 Å². The Hall–Kier alpha value is -3.45. The number of rotatable bonds is 9. The lowest BCUT2D eigenvalue weighted by Gasteiger charge is -2.20. The van der Waals surface area contributed by atoms with Crippen LogP contribution in [0.15, 0.2) is 58.2 Å². The Labute approximate surface area is 241 Å². The fourth-order valence-corrected chi connectivity index (χ4v) is 5.67. The summed E-state index contributed by atoms with van der Waals surface area (Å²) in [5, 5.41) is 13.7. The number of carbonyl (C=O) groups excluding carboxylic acids is 1. The second-order valence-corrected chi connectivity index (χ2v) is 11.1. The molecule has 1 amide bonds. The lowest BCUT2D eigenvalue weighted by atomic mass is 10.0. The van der Waals surface area contributed by atoms with E-state index in [1.165, 1.54) is 17.0 Å². The van der Waals surface area contributed by atoms with Crippen molar-refractivity contribution < 1.29 is 9.18 Å². The number of hydrogen-bond acceptors (Lipinski definition) is 6. The molecule has 0 saturated carbocycles. The number of amides is 1. The van der Waals surface area contributed by atoms with Crippen LogP contribution in [-0.4, -0.2) is 19.7 Å². The van der Waals surface area contributed by atoms with Crippen molar-refractivity contribution in [3.8, 4) is 6.07 Å². The first-order chi connectivity index (χ1) is 18.7. The molecule has 4 rings (SSSR count). The monoisotopic (exact) mass is 580 g/mol. The third kappa shape index (κ3) is 6.25. The van der Waals surface area contributed by atoms with Gasteiger partial charge in [-0.05, 0) is 54.3 Å². The van der Waals surface area contributed by atoms with Crippen LogP contribution in [0, 0.1) is 24.1 Å². The Kier molecular flexibility index (Phi) is 9.23. The van der Waals surface area contributed by atoms with Crippen molar-refractivity contribution in [2.75, 3.05) is 5.32 Å². The number of pyridine rings is 1. The summed E-state index contributed by atoms with van der Waals surface area (Å²) in [4.78, 5) is 28.6. The third-order valence-electron chi connectivity index (χ3n) is 6.42. The van der Waals surface area contributed by atoms with Gasteiger partial charge >= 0.3 is 0 Å². The van der Waals surface area contributed by atoms with Gasteiger partial charge in [-0.15, -0.1) is 0 Å². The molecular formula is C29H26ClFN4O2S2. The molecule has 0 bridgehead atoms. The molecule has 1 fully saturated rings. The summed E-state index contributed by atoms with van der Waals surface area (Å²) in [6.45, 7) is 4.65. The average Bonchev–Trinajstić information content (AvgIpc) is 3.18. The molecule has 1 saturated heterocycles. The van der Waals surface area contributed by atoms with Gasteiger partial charge in [-0.1, -0.05) is 79.3 Å². The van der Waals surface area contributed by atoms with E-state index in [-0.39, 0.29) is 23.8 Å². The number of aromatic nitrogens is 1. The van der Waals surface area contributed by atoms with Crippen molar-refractivity contribution in [3.63, 3.8) is 0 Å². The molecule has 1 aromatic heterocycles. The standard InChI is InChI=1S/C29H26ClFN4O2S2/c1-3-4-13-34-26(33-16-19-9-11-21(31)12-10-19)22(18(2)23(15-32)27(34)36)14-25-28(37)35(29(38)39-25)17-20-7-5-6-8-24(20)30/h5-12,14,33H,3-4,13,16-17H2,1-2H3/b25-14+. The molecule has 6 nitrogen and oxygen atoms in total. The first-order valence-corrected chi connectivity index (χ1v) is 14.0. The minimum absolute atomic E-state index is 0.0243. The number of unbranched alkanes of at least 4 members (excludes halogenated alkanes) is 1. The fourth-order valence-electron chi connectivity index (χ4n) is 4.24. The molecule has 0 atom stereocenters. The summed E-state index contributed by atoms with van der Waals surface area (Å²) in [6, 6.07) is 15.4. The number of nitriles is 1. The van der Waals surface area contributed by atoms with Gasteiger partial charge in [0.15, 0.2) is 0 Å². The summed E-state index contributed by atoms with van der Waals surface area (Å²) in [7, 11) is 0. The van der Waals surface area contributed by atoms with Gasteiger partial charge in [0.2, 0.25) is 0 Å². The van der Waals surface area contributed by atoms with Crippen LogP contribution in [0.5, 0.6) is 0 Å². The van der Waals surface area contributed by atoms with Crippen molar-refractivity contribution in [2.45, 2.75) is 46.3 Å². The Morgan fingerprint density at radius 3 is 2.56 bits per heavy atom. The molecule has 0 spiro atoms. The van der Waals surface area contributed by atoms with E-state index in [0.717, 1.165) is 35.7 Å². The molecule has 2 heterocycles. The molecule has 200 valence electrons. The number of carbonyl (C=O) groups is 1. The molecule has 0 aliphatic carbocycles. The quantitative estimate of drug-likeness (QED) is 0.226. The normalized spacial score (nSPS) is 14.2. The number of hydrogen-bond donors (Lipinski definition) is 1. The van der Waals surface area contributed by atoms with Crippen LogP contribution in [-0.2, 0) is 24.4 Å². The van der Waals surface area contributed by atoms with Crippen molar-refractivity contribution in [2.24, 2.45) is 0 Å². The van der Waals surface area contributed by atoms with Gasteiger partial charge in [-0.3, -0.25) is 19.1 Å². The van der Waals surface area contributed by atoms with Crippen LogP contribution >= 0.6 is 35.6 Å². The lowest BCUT2D eigenvalue weighted by molar-refractivity contribution is -0.122. The number of halogens is 2. The maximum atomic E-state index is 13.5. The molecular weight excluding hydrogens is 555 g/mol. The smallest absolute Gasteiger partial charge is 0.270 e. The SMILES string of the molecule is CCCCn1c(NCc2ccc(F)cc2)c(/C=C2/SC(=S)N(Cc3ccccc3Cl)C2=O)c(C)c(C#N)c1=O. The van der Waals surface area contributed by atoms with Gasteiger partial charge in [0.05, 0.1) is 11.4 Å². The number of thiocarbonyl (C=S) groups is 1. The van der Waals surface area contributed by atoms with Gasteiger partial charge in [0.25, 0.3) is 11.5 Å². The number of anilines is 1. The van der Waals surface area contributed by atoms with E-state index in [1.54, 1.807) is 35.8 Å². The topological polar surface area (TPSA) is 78.1 Å². The van der Waals surface area contributed by atoms with Crippen molar-refractivity contribution >= 4 is 57.7 Å². The molecule has 39 heavy (non-hydrogen) atoms. The van der Waals surface area contributed by atoms with Gasteiger partial charge in [0, 0.05) is 23.7 Å². The number of nitrogens with zero attached hydrogens (tertiary/aromatic N) is 3. The highest BCUT2D eigenvalue weighted by Crippen LogP contribution is 2.36. The number of nitrogens with one attached hydrogen (secondary N) is 1. The zero-order chi connectivity index (χ0) is 28.1. The molecule has 3 aromatic rings. The highest BCUT2D eigenvalue weighted by molar-refractivity contribution is 8.26. The van der Waals surface area contributed by atoms with Gasteiger partial charge < -0.3 is 5.32 Å². The van der Waals surface area contributed by atoms with Gasteiger partial charge in [-0.25, -0.2) is 4.39 Å². The summed E-state index contributed by atoms with van der Waals surface area (Å²) >= 11 is 13.0. The first kappa shape index (κ1) is 28.6. The summed E-state index contributed by atoms with van der Waals surface area (Å²) in [5.74, 6) is -0.128. The Morgan fingerprint density at radius 2 is 1.90 bits per heavy atom. The van der Waals surface area contributed by atoms with Crippen LogP contribution in [0.3, 0.4) is 0 Å². The summed E-state index contributed by atoms with van der Waals surface area (Å²) in [6.07, 6.45) is 3.26. The van der Waals surface area contributed by atoms with Gasteiger partial charge in [-0.2, -0.15) is 5.26 Å². The molecule has 2 aromatic carbocycles. The van der Waals surface area contributed by atoms with Crippen molar-refractivity contribution in [3.05, 3.63) is 102 Å². The molecule has 0 unspecified atom stereocenters. The molecule has 10 heteroatoms. The second-order valence-electron chi connectivity index (χ2n) is 9.02. The molecule has 1 N–H and O–H groups in total. The van der Waals surface area contributed by atoms with Crippen molar-refractivity contribution in [1.29, 1.82) is 5.26 Å². The molecule has 1 aliphatic heterocycles. The second kappa shape index (κ2) is 12.6. The van der Waals surface area contributed by atoms with Crippen molar-refractivity contribution in [1.82, 2.24) is 9.47 Å². The van der Waals surface area contributed by atoms with Crippen LogP contribution in [0.25, 0.3) is 6.08 Å². The van der Waals surface area contributed by atoms with E-state index in [0.29, 0.717) is 44.3 Å². The highest BCUT2D eigenvalue weighted by Gasteiger charge is 2.33. The predicted octanol–water partition coefficient (Wildman–Crippen LogP) is 6.63. The number of thioether (sulfide) groups is 1. The fraction of sp³-hybridized carbons (Fsp3) is 0.241. The van der Waals surface area contributed by atoms with E-state index in [9.17, 15) is 19.2 Å². The molecule has 0 radical (unpaired) electrons. The summed E-state index contributed by atoms with van der Waals surface area (Å²) in [5.41, 5.74) is 2.24. The zero-order valence-corrected chi connectivity index (χ0v) is 23.9. The van der Waals surface area contributed by atoms with E-state index >= 15 is 0 Å². The minimum Gasteiger partial charge on any atom is -0.367 e. The average molecular weight is 581 g/mol. The maximum Gasteiger partial charge on any atom is 0.270 e. The largest absolute Gasteiger partial charge is 0.367 e. The van der Waals surface area contributed by atoms with E-state index in [1.807, 2.05) is 31.2 Å². The highest BCUT2D eigenvalue weighted by atomic mass is 35.5. The number of benzene rings is 2. The Bertz CT molecular complexity index is 1560. The first-order valence-electron chi connectivity index (χ1n) is 12.4. The zero-order valence-electron chi connectivity index (χ0n) is 21.5. The summed E-state index contributed by atoms with van der Waals surface area (Å²) < 4.78 is 15.4. The Morgan fingerprint density at radius 1 is 1.18 bits per heavy atom. The predicted molar refractivity (Wildman–Crippen MR) is 159 cm³/mol. The van der Waals surface area contributed by atoms with Crippen LogP contribution in [0.2, 0.25) is 5.02 Å². The van der Waals surface area contributed by atoms with Gasteiger partial charge in [0.1, 0.15) is 27.6 Å². The Balaban J connectivity index is 1.78. The van der Waals surface area contributed by atoms with Crippen LogP contribution in [0.1, 0.15) is 47.6 Å².